The summed E-state index contributed by atoms with van der Waals surface area (Å²) < 4.78 is 22.1. The van der Waals surface area contributed by atoms with Crippen LogP contribution in [-0.4, -0.2) is 41.6 Å². The van der Waals surface area contributed by atoms with Gasteiger partial charge in [-0.25, -0.2) is 4.98 Å². The highest BCUT2D eigenvalue weighted by atomic mass is 16.7. The van der Waals surface area contributed by atoms with Crippen molar-refractivity contribution in [2.24, 2.45) is 10.9 Å². The van der Waals surface area contributed by atoms with Crippen molar-refractivity contribution in [3.05, 3.63) is 65.4 Å². The molecule has 2 heterocycles. The van der Waals surface area contributed by atoms with Crippen LogP contribution in [0.15, 0.2) is 53.7 Å². The fourth-order valence-electron chi connectivity index (χ4n) is 3.54. The van der Waals surface area contributed by atoms with Gasteiger partial charge in [0.2, 0.25) is 12.7 Å². The van der Waals surface area contributed by atoms with E-state index in [1.54, 1.807) is 49.6 Å². The Bertz CT molecular complexity index is 1220. The van der Waals surface area contributed by atoms with Crippen LogP contribution in [0.4, 0.5) is 0 Å². The molecule has 0 bridgehead atoms. The van der Waals surface area contributed by atoms with Crippen molar-refractivity contribution in [3.8, 4) is 40.0 Å². The molecule has 0 fully saturated rings. The summed E-state index contributed by atoms with van der Waals surface area (Å²) in [6.07, 6.45) is 3.33. The second kappa shape index (κ2) is 9.49. The number of oxime groups is 1. The monoisotopic (exact) mass is 449 g/mol. The molecule has 3 aromatic rings. The molecule has 0 aliphatic carbocycles. The number of aliphatic hydroxyl groups is 1. The second-order valence-corrected chi connectivity index (χ2v) is 7.08. The van der Waals surface area contributed by atoms with Gasteiger partial charge in [0.15, 0.2) is 17.3 Å². The zero-order valence-electron chi connectivity index (χ0n) is 18.1. The lowest BCUT2D eigenvalue weighted by molar-refractivity contribution is 0.174. The number of nitrogens with zero attached hydrogens (tertiary/aromatic N) is 2. The van der Waals surface area contributed by atoms with Gasteiger partial charge in [-0.1, -0.05) is 29.4 Å². The standard InChI is InChI=1S/C24H23N3O6/c1-14-18(4-3-11-28)21(15-5-7-16(30-2)8-6-15)22(23(25)27-29)24(26-14)33-17-9-10-19-20(12-17)32-13-31-19/h3-10,12,28-29H,11,13H2,1-2H3,(H2,25,27). The van der Waals surface area contributed by atoms with Crippen LogP contribution < -0.4 is 24.7 Å². The Morgan fingerprint density at radius 1 is 1.15 bits per heavy atom. The van der Waals surface area contributed by atoms with Crippen molar-refractivity contribution in [1.82, 2.24) is 4.98 Å². The number of hydrogen-bond donors (Lipinski definition) is 3. The lowest BCUT2D eigenvalue weighted by atomic mass is 9.93. The lowest BCUT2D eigenvalue weighted by Gasteiger charge is -2.19. The molecule has 33 heavy (non-hydrogen) atoms. The van der Waals surface area contributed by atoms with E-state index in [4.69, 9.17) is 24.7 Å². The van der Waals surface area contributed by atoms with Gasteiger partial charge in [0.25, 0.3) is 0 Å². The number of aliphatic hydroxyl groups excluding tert-OH is 1. The van der Waals surface area contributed by atoms with Gasteiger partial charge in [-0.15, -0.1) is 0 Å². The average molecular weight is 449 g/mol. The van der Waals surface area contributed by atoms with Gasteiger partial charge >= 0.3 is 0 Å². The minimum Gasteiger partial charge on any atom is -0.497 e. The Hall–Kier alpha value is -4.24. The number of nitrogens with two attached hydrogens (primary N) is 1. The predicted octanol–water partition coefficient (Wildman–Crippen LogP) is 3.69. The molecule has 1 aliphatic heterocycles. The number of methoxy groups -OCH3 is 1. The van der Waals surface area contributed by atoms with E-state index in [0.29, 0.717) is 45.4 Å². The van der Waals surface area contributed by atoms with Crippen molar-refractivity contribution >= 4 is 11.9 Å². The van der Waals surface area contributed by atoms with Gasteiger partial charge in [-0.05, 0) is 36.8 Å². The third-order valence-corrected chi connectivity index (χ3v) is 5.08. The summed E-state index contributed by atoms with van der Waals surface area (Å²) in [6, 6.07) is 12.4. The Morgan fingerprint density at radius 2 is 1.88 bits per heavy atom. The van der Waals surface area contributed by atoms with Crippen molar-refractivity contribution in [2.45, 2.75) is 6.92 Å². The summed E-state index contributed by atoms with van der Waals surface area (Å²) >= 11 is 0. The molecule has 0 unspecified atom stereocenters. The number of hydrogen-bond acceptors (Lipinski definition) is 8. The quantitative estimate of drug-likeness (QED) is 0.216. The molecule has 0 radical (unpaired) electrons. The van der Waals surface area contributed by atoms with Crippen molar-refractivity contribution in [2.75, 3.05) is 20.5 Å². The Morgan fingerprint density at radius 3 is 2.58 bits per heavy atom. The molecular formula is C24H23N3O6. The smallest absolute Gasteiger partial charge is 0.231 e. The molecule has 2 aromatic carbocycles. The molecular weight excluding hydrogens is 426 g/mol. The van der Waals surface area contributed by atoms with Crippen LogP contribution in [0.2, 0.25) is 0 Å². The van der Waals surface area contributed by atoms with E-state index in [1.165, 1.54) is 0 Å². The maximum Gasteiger partial charge on any atom is 0.231 e. The molecule has 9 nitrogen and oxygen atoms in total. The normalized spacial score (nSPS) is 12.9. The number of pyridine rings is 1. The highest BCUT2D eigenvalue weighted by Gasteiger charge is 2.24. The van der Waals surface area contributed by atoms with E-state index in [0.717, 1.165) is 5.56 Å². The number of aryl methyl sites for hydroxylation is 1. The topological polar surface area (TPSA) is 129 Å². The summed E-state index contributed by atoms with van der Waals surface area (Å²) in [6.45, 7) is 1.79. The van der Waals surface area contributed by atoms with Gasteiger partial charge < -0.3 is 35.0 Å². The SMILES string of the molecule is COc1ccc(-c2c(C=CCO)c(C)nc(Oc3ccc4c(c3)OCO4)c2/C(N)=N/O)cc1. The van der Waals surface area contributed by atoms with Gasteiger partial charge in [0.05, 0.1) is 19.3 Å². The highest BCUT2D eigenvalue weighted by Crippen LogP contribution is 2.40. The van der Waals surface area contributed by atoms with Gasteiger partial charge in [0.1, 0.15) is 11.5 Å². The van der Waals surface area contributed by atoms with Crippen molar-refractivity contribution in [3.63, 3.8) is 0 Å². The first-order valence-corrected chi connectivity index (χ1v) is 10.1. The molecule has 1 aliphatic rings. The van der Waals surface area contributed by atoms with E-state index in [2.05, 4.69) is 10.1 Å². The third-order valence-electron chi connectivity index (χ3n) is 5.08. The van der Waals surface area contributed by atoms with E-state index in [9.17, 15) is 10.3 Å². The molecule has 0 saturated carbocycles. The summed E-state index contributed by atoms with van der Waals surface area (Å²) in [5.41, 5.74) is 9.11. The van der Waals surface area contributed by atoms with E-state index in [-0.39, 0.29) is 25.1 Å². The Balaban J connectivity index is 1.92. The molecule has 170 valence electrons. The Labute approximate surface area is 190 Å². The van der Waals surface area contributed by atoms with Crippen LogP contribution in [0.25, 0.3) is 17.2 Å². The molecule has 0 atom stereocenters. The zero-order valence-corrected chi connectivity index (χ0v) is 18.1. The molecule has 0 saturated heterocycles. The summed E-state index contributed by atoms with van der Waals surface area (Å²) in [5, 5.41) is 22.1. The van der Waals surface area contributed by atoms with Crippen LogP contribution >= 0.6 is 0 Å². The van der Waals surface area contributed by atoms with Crippen LogP contribution in [-0.2, 0) is 0 Å². The number of amidine groups is 1. The summed E-state index contributed by atoms with van der Waals surface area (Å²) in [7, 11) is 1.58. The molecule has 4 N–H and O–H groups in total. The maximum atomic E-state index is 9.56. The molecule has 0 amide bonds. The van der Waals surface area contributed by atoms with Crippen molar-refractivity contribution < 1.29 is 29.3 Å². The van der Waals surface area contributed by atoms with E-state index < -0.39 is 0 Å². The summed E-state index contributed by atoms with van der Waals surface area (Å²) in [4.78, 5) is 4.58. The molecule has 0 spiro atoms. The first-order chi connectivity index (χ1) is 16.0. The second-order valence-electron chi connectivity index (χ2n) is 7.08. The average Bonchev–Trinajstić information content (AvgIpc) is 3.30. The number of aromatic nitrogens is 1. The predicted molar refractivity (Wildman–Crippen MR) is 122 cm³/mol. The van der Waals surface area contributed by atoms with Crippen molar-refractivity contribution in [1.29, 1.82) is 0 Å². The zero-order chi connectivity index (χ0) is 23.4. The lowest BCUT2D eigenvalue weighted by Crippen LogP contribution is -2.18. The minimum atomic E-state index is -0.178. The highest BCUT2D eigenvalue weighted by molar-refractivity contribution is 6.07. The van der Waals surface area contributed by atoms with E-state index >= 15 is 0 Å². The van der Waals surface area contributed by atoms with Crippen LogP contribution in [0.1, 0.15) is 16.8 Å². The van der Waals surface area contributed by atoms with Gasteiger partial charge in [-0.2, -0.15) is 0 Å². The Kier molecular flexibility index (Phi) is 6.32. The summed E-state index contributed by atoms with van der Waals surface area (Å²) in [5.74, 6) is 2.26. The van der Waals surface area contributed by atoms with Gasteiger partial charge in [0, 0.05) is 22.9 Å². The van der Waals surface area contributed by atoms with Crippen LogP contribution in [0.5, 0.6) is 28.9 Å². The number of benzene rings is 2. The minimum absolute atomic E-state index is 0.138. The first-order valence-electron chi connectivity index (χ1n) is 10.1. The van der Waals surface area contributed by atoms with E-state index in [1.807, 2.05) is 19.1 Å². The number of fused-ring (bicyclic) bond motifs is 1. The largest absolute Gasteiger partial charge is 0.497 e. The maximum absolute atomic E-state index is 9.56. The number of rotatable bonds is 7. The fraction of sp³-hybridized carbons (Fsp3) is 0.167. The van der Waals surface area contributed by atoms with Crippen LogP contribution in [0, 0.1) is 6.92 Å². The van der Waals surface area contributed by atoms with Gasteiger partial charge in [-0.3, -0.25) is 0 Å². The molecule has 1 aromatic heterocycles. The third kappa shape index (κ3) is 4.39. The molecule has 9 heteroatoms. The first kappa shape index (κ1) is 22.0. The number of ether oxygens (including phenoxy) is 4. The van der Waals surface area contributed by atoms with Crippen LogP contribution in [0.3, 0.4) is 0 Å². The fourth-order valence-corrected chi connectivity index (χ4v) is 3.54. The molecule has 4 rings (SSSR count).